The summed E-state index contributed by atoms with van der Waals surface area (Å²) in [6.45, 7) is 5.33. The lowest BCUT2D eigenvalue weighted by atomic mass is 10.1. The molecule has 1 fully saturated rings. The molecule has 1 aliphatic rings. The van der Waals surface area contributed by atoms with Crippen LogP contribution in [0.3, 0.4) is 0 Å². The number of nitrogens with one attached hydrogen (secondary N) is 1. The Balaban J connectivity index is 0.00000220. The van der Waals surface area contributed by atoms with Crippen molar-refractivity contribution in [2.75, 3.05) is 32.7 Å². The predicted octanol–water partition coefficient (Wildman–Crippen LogP) is 2.24. The van der Waals surface area contributed by atoms with Gasteiger partial charge in [-0.2, -0.15) is 0 Å². The molecule has 0 amide bonds. The maximum atomic E-state index is 5.86. The fourth-order valence-corrected chi connectivity index (χ4v) is 2.54. The van der Waals surface area contributed by atoms with Gasteiger partial charge in [0, 0.05) is 13.1 Å². The second-order valence-electron chi connectivity index (χ2n) is 5.33. The van der Waals surface area contributed by atoms with Crippen LogP contribution < -0.4 is 11.1 Å². The van der Waals surface area contributed by atoms with Gasteiger partial charge in [0.15, 0.2) is 5.96 Å². The van der Waals surface area contributed by atoms with E-state index >= 15 is 0 Å². The van der Waals surface area contributed by atoms with Crippen LogP contribution in [0.25, 0.3) is 0 Å². The number of rotatable bonds is 7. The van der Waals surface area contributed by atoms with E-state index < -0.39 is 0 Å². The van der Waals surface area contributed by atoms with Crippen LogP contribution in [0.5, 0.6) is 0 Å². The number of hydrogen-bond donors (Lipinski definition) is 2. The Bertz CT molecular complexity index is 402. The molecule has 0 aromatic heterocycles. The molecule has 5 heteroatoms. The lowest BCUT2D eigenvalue weighted by Crippen LogP contribution is -2.33. The van der Waals surface area contributed by atoms with Gasteiger partial charge in [0.05, 0.1) is 0 Å². The number of guanidine groups is 1. The van der Waals surface area contributed by atoms with Crippen molar-refractivity contribution in [1.82, 2.24) is 10.2 Å². The first-order chi connectivity index (χ1) is 9.84. The molecule has 118 valence electrons. The lowest BCUT2D eigenvalue weighted by Gasteiger charge is -2.13. The quantitative estimate of drug-likeness (QED) is 0.318. The van der Waals surface area contributed by atoms with E-state index in [2.05, 4.69) is 39.5 Å². The summed E-state index contributed by atoms with van der Waals surface area (Å²) < 4.78 is 0. The summed E-state index contributed by atoms with van der Waals surface area (Å²) in [6.07, 6.45) is 4.78. The normalized spacial score (nSPS) is 15.7. The van der Waals surface area contributed by atoms with Crippen LogP contribution in [-0.2, 0) is 6.42 Å². The number of nitrogens with two attached hydrogens (primary N) is 1. The molecule has 0 atom stereocenters. The first-order valence-electron chi connectivity index (χ1n) is 7.64. The minimum absolute atomic E-state index is 0. The Labute approximate surface area is 145 Å². The summed E-state index contributed by atoms with van der Waals surface area (Å²) in [5, 5.41) is 3.17. The second kappa shape index (κ2) is 10.8. The monoisotopic (exact) mass is 402 g/mol. The number of hydrogen-bond acceptors (Lipinski definition) is 2. The zero-order valence-corrected chi connectivity index (χ0v) is 15.0. The molecule has 0 saturated carbocycles. The van der Waals surface area contributed by atoms with E-state index in [4.69, 9.17) is 5.73 Å². The molecule has 3 N–H and O–H groups in total. The number of aliphatic imine (C=N–C) groups is 1. The van der Waals surface area contributed by atoms with Crippen LogP contribution >= 0.6 is 24.0 Å². The lowest BCUT2D eigenvalue weighted by molar-refractivity contribution is 0.336. The third-order valence-electron chi connectivity index (χ3n) is 3.68. The maximum absolute atomic E-state index is 5.86. The first-order valence-corrected chi connectivity index (χ1v) is 7.64. The molecule has 2 rings (SSSR count). The predicted molar refractivity (Wildman–Crippen MR) is 100 cm³/mol. The third kappa shape index (κ3) is 7.66. The van der Waals surface area contributed by atoms with Gasteiger partial charge in [-0.25, -0.2) is 0 Å². The summed E-state index contributed by atoms with van der Waals surface area (Å²) in [4.78, 5) is 6.88. The Hall–Kier alpha value is -0.820. The molecule has 1 heterocycles. The Kier molecular flexibility index (Phi) is 9.41. The highest BCUT2D eigenvalue weighted by molar-refractivity contribution is 14.0. The minimum atomic E-state index is 0. The Morgan fingerprint density at radius 3 is 2.62 bits per heavy atom. The molecule has 0 radical (unpaired) electrons. The zero-order valence-electron chi connectivity index (χ0n) is 12.6. The molecular formula is C16H27IN4. The van der Waals surface area contributed by atoms with Crippen molar-refractivity contribution in [1.29, 1.82) is 0 Å². The van der Waals surface area contributed by atoms with Gasteiger partial charge >= 0.3 is 0 Å². The third-order valence-corrected chi connectivity index (χ3v) is 3.68. The van der Waals surface area contributed by atoms with Gasteiger partial charge in [-0.15, -0.1) is 24.0 Å². The SMILES string of the molecule is I.NC(=NCCCN1CCCC1)NCCc1ccccc1. The molecular weight excluding hydrogens is 375 g/mol. The molecule has 1 aliphatic heterocycles. The van der Waals surface area contributed by atoms with Crippen LogP contribution in [0.2, 0.25) is 0 Å². The number of benzene rings is 1. The van der Waals surface area contributed by atoms with Crippen molar-refractivity contribution >= 4 is 29.9 Å². The second-order valence-corrected chi connectivity index (χ2v) is 5.33. The van der Waals surface area contributed by atoms with Gasteiger partial charge in [-0.1, -0.05) is 30.3 Å². The summed E-state index contributed by atoms with van der Waals surface area (Å²) in [6, 6.07) is 10.4. The molecule has 1 saturated heterocycles. The van der Waals surface area contributed by atoms with E-state index in [0.29, 0.717) is 5.96 Å². The van der Waals surface area contributed by atoms with Crippen LogP contribution in [0.4, 0.5) is 0 Å². The topological polar surface area (TPSA) is 53.6 Å². The molecule has 0 aliphatic carbocycles. The van der Waals surface area contributed by atoms with Crippen molar-refractivity contribution in [2.45, 2.75) is 25.7 Å². The average Bonchev–Trinajstić information content (AvgIpc) is 2.98. The smallest absolute Gasteiger partial charge is 0.188 e. The highest BCUT2D eigenvalue weighted by Gasteiger charge is 2.09. The van der Waals surface area contributed by atoms with Gasteiger partial charge in [-0.05, 0) is 50.9 Å². The van der Waals surface area contributed by atoms with Crippen LogP contribution in [0.15, 0.2) is 35.3 Å². The fourth-order valence-electron chi connectivity index (χ4n) is 2.54. The van der Waals surface area contributed by atoms with Crippen molar-refractivity contribution in [3.8, 4) is 0 Å². The van der Waals surface area contributed by atoms with Crippen molar-refractivity contribution < 1.29 is 0 Å². The zero-order chi connectivity index (χ0) is 14.0. The van der Waals surface area contributed by atoms with Gasteiger partial charge in [-0.3, -0.25) is 4.99 Å². The average molecular weight is 402 g/mol. The molecule has 1 aromatic carbocycles. The first kappa shape index (κ1) is 18.2. The molecule has 21 heavy (non-hydrogen) atoms. The standard InChI is InChI=1S/C16H26N4.HI/c17-16(18-10-6-14-20-12-4-5-13-20)19-11-9-15-7-2-1-3-8-15;/h1-3,7-8H,4-6,9-14H2,(H3,17,18,19);1H. The van der Waals surface area contributed by atoms with Gasteiger partial charge in [0.25, 0.3) is 0 Å². The Morgan fingerprint density at radius 2 is 1.90 bits per heavy atom. The van der Waals surface area contributed by atoms with E-state index in [1.54, 1.807) is 0 Å². The van der Waals surface area contributed by atoms with Crippen molar-refractivity contribution in [3.63, 3.8) is 0 Å². The van der Waals surface area contributed by atoms with E-state index in [0.717, 1.165) is 32.5 Å². The summed E-state index contributed by atoms with van der Waals surface area (Å²) in [7, 11) is 0. The number of likely N-dealkylation sites (tertiary alicyclic amines) is 1. The molecule has 1 aromatic rings. The molecule has 0 bridgehead atoms. The van der Waals surface area contributed by atoms with Crippen molar-refractivity contribution in [3.05, 3.63) is 35.9 Å². The van der Waals surface area contributed by atoms with Gasteiger partial charge in [0.2, 0.25) is 0 Å². The maximum Gasteiger partial charge on any atom is 0.188 e. The van der Waals surface area contributed by atoms with E-state index in [1.165, 1.54) is 31.5 Å². The summed E-state index contributed by atoms with van der Waals surface area (Å²) in [5.74, 6) is 0.572. The minimum Gasteiger partial charge on any atom is -0.370 e. The van der Waals surface area contributed by atoms with Gasteiger partial charge in [0.1, 0.15) is 0 Å². The molecule has 0 unspecified atom stereocenters. The van der Waals surface area contributed by atoms with Crippen LogP contribution in [0, 0.1) is 0 Å². The van der Waals surface area contributed by atoms with E-state index in [9.17, 15) is 0 Å². The summed E-state index contributed by atoms with van der Waals surface area (Å²) >= 11 is 0. The van der Waals surface area contributed by atoms with E-state index in [-0.39, 0.29) is 24.0 Å². The highest BCUT2D eigenvalue weighted by Crippen LogP contribution is 2.07. The van der Waals surface area contributed by atoms with Gasteiger partial charge < -0.3 is 16.0 Å². The molecule has 0 spiro atoms. The van der Waals surface area contributed by atoms with Crippen LogP contribution in [0.1, 0.15) is 24.8 Å². The summed E-state index contributed by atoms with van der Waals surface area (Å²) in [5.41, 5.74) is 7.18. The largest absolute Gasteiger partial charge is 0.370 e. The Morgan fingerprint density at radius 1 is 1.19 bits per heavy atom. The highest BCUT2D eigenvalue weighted by atomic mass is 127. The van der Waals surface area contributed by atoms with E-state index in [1.807, 2.05) is 6.07 Å². The van der Waals surface area contributed by atoms with Crippen LogP contribution in [-0.4, -0.2) is 43.6 Å². The van der Waals surface area contributed by atoms with Crippen molar-refractivity contribution in [2.24, 2.45) is 10.7 Å². The molecule has 4 nitrogen and oxygen atoms in total. The fraction of sp³-hybridized carbons (Fsp3) is 0.562. The number of halogens is 1. The number of nitrogens with zero attached hydrogens (tertiary/aromatic N) is 2.